The van der Waals surface area contributed by atoms with Crippen LogP contribution in [0.2, 0.25) is 0 Å². The largest absolute Gasteiger partial charge is 0.497 e. The molecule has 1 fully saturated rings. The number of hydrogen-bond donors (Lipinski definition) is 2. The fourth-order valence-electron chi connectivity index (χ4n) is 2.85. The Kier molecular flexibility index (Phi) is 4.10. The normalized spacial score (nSPS) is 22.6. The van der Waals surface area contributed by atoms with Crippen LogP contribution in [0, 0.1) is 0 Å². The predicted molar refractivity (Wildman–Crippen MR) is 83.3 cm³/mol. The number of hydrogen-bond acceptors (Lipinski definition) is 6. The number of anilines is 1. The summed E-state index contributed by atoms with van der Waals surface area (Å²) in [5.74, 6) is 0.843. The van der Waals surface area contributed by atoms with Gasteiger partial charge in [-0.05, 0) is 24.1 Å². The van der Waals surface area contributed by atoms with Gasteiger partial charge in [0.2, 0.25) is 0 Å². The lowest BCUT2D eigenvalue weighted by Crippen LogP contribution is -2.23. The molecule has 3 rings (SSSR count). The molecule has 21 heavy (non-hydrogen) atoms. The third-order valence-electron chi connectivity index (χ3n) is 3.79. The van der Waals surface area contributed by atoms with Crippen molar-refractivity contribution in [3.63, 3.8) is 0 Å². The molecule has 2 unspecified atom stereocenters. The Morgan fingerprint density at radius 3 is 3.10 bits per heavy atom. The fourth-order valence-corrected chi connectivity index (χ4v) is 3.56. The second kappa shape index (κ2) is 6.01. The number of aromatic nitrogens is 1. The minimum atomic E-state index is -0.300. The second-order valence-electron chi connectivity index (χ2n) is 5.28. The lowest BCUT2D eigenvalue weighted by molar-refractivity contribution is 0.173. The molecular weight excluding hydrogens is 286 g/mol. The zero-order valence-electron chi connectivity index (χ0n) is 11.9. The Hall–Kier alpha value is -1.63. The number of nitrogens with zero attached hydrogens (tertiary/aromatic N) is 2. The molecule has 0 radical (unpaired) electrons. The van der Waals surface area contributed by atoms with Crippen molar-refractivity contribution >= 4 is 16.5 Å². The highest BCUT2D eigenvalue weighted by Gasteiger charge is 2.32. The number of β-amino-alcohol motifs (C(OH)–C–C–N with tert-alkyl or cyclic N) is 1. The Balaban J connectivity index is 1.81. The first kappa shape index (κ1) is 14.3. The van der Waals surface area contributed by atoms with Gasteiger partial charge in [0.05, 0.1) is 13.2 Å². The molecule has 6 heteroatoms. The van der Waals surface area contributed by atoms with Crippen LogP contribution in [0.3, 0.4) is 0 Å². The van der Waals surface area contributed by atoms with Gasteiger partial charge in [0.1, 0.15) is 5.75 Å². The number of methoxy groups -OCH3 is 1. The monoisotopic (exact) mass is 305 g/mol. The van der Waals surface area contributed by atoms with Gasteiger partial charge in [-0.15, -0.1) is 11.3 Å². The van der Waals surface area contributed by atoms with Crippen molar-refractivity contribution in [3.8, 4) is 5.75 Å². The van der Waals surface area contributed by atoms with Gasteiger partial charge in [-0.25, -0.2) is 4.98 Å². The van der Waals surface area contributed by atoms with Gasteiger partial charge in [0, 0.05) is 30.2 Å². The molecule has 1 saturated heterocycles. The Labute approximate surface area is 128 Å². The highest BCUT2D eigenvalue weighted by Crippen LogP contribution is 2.35. The molecule has 0 saturated carbocycles. The van der Waals surface area contributed by atoms with Gasteiger partial charge in [0.15, 0.2) is 5.13 Å². The topological polar surface area (TPSA) is 71.6 Å². The van der Waals surface area contributed by atoms with E-state index >= 15 is 0 Å². The number of nitrogen functional groups attached to an aromatic ring is 1. The standard InChI is InChI=1S/C15H19N3O2S/c1-20-12-4-2-3-10(5-12)14-6-11(19)8-18(14)9-13-7-17-15(16)21-13/h2-5,7,11,14,19H,6,8-9H2,1H3,(H2,16,17). The van der Waals surface area contributed by atoms with Crippen molar-refractivity contribution in [3.05, 3.63) is 40.9 Å². The molecule has 2 heterocycles. The van der Waals surface area contributed by atoms with Crippen LogP contribution in [0.15, 0.2) is 30.5 Å². The summed E-state index contributed by atoms with van der Waals surface area (Å²) >= 11 is 1.50. The summed E-state index contributed by atoms with van der Waals surface area (Å²) in [7, 11) is 1.67. The smallest absolute Gasteiger partial charge is 0.180 e. The van der Waals surface area contributed by atoms with Gasteiger partial charge in [0.25, 0.3) is 0 Å². The molecule has 5 nitrogen and oxygen atoms in total. The molecule has 0 amide bonds. The second-order valence-corrected chi connectivity index (χ2v) is 6.42. The molecule has 0 aliphatic carbocycles. The molecule has 1 aliphatic heterocycles. The summed E-state index contributed by atoms with van der Waals surface area (Å²) in [4.78, 5) is 7.48. The molecule has 112 valence electrons. The van der Waals surface area contributed by atoms with E-state index in [-0.39, 0.29) is 12.1 Å². The third kappa shape index (κ3) is 3.18. The number of likely N-dealkylation sites (tertiary alicyclic amines) is 1. The molecule has 1 aliphatic rings. The van der Waals surface area contributed by atoms with E-state index in [0.717, 1.165) is 23.6 Å². The van der Waals surface area contributed by atoms with Crippen molar-refractivity contribution in [2.24, 2.45) is 0 Å². The summed E-state index contributed by atoms with van der Waals surface area (Å²) in [6.45, 7) is 1.42. The fraction of sp³-hybridized carbons (Fsp3) is 0.400. The maximum atomic E-state index is 10.0. The summed E-state index contributed by atoms with van der Waals surface area (Å²) in [5.41, 5.74) is 6.86. The van der Waals surface area contributed by atoms with E-state index in [1.54, 1.807) is 7.11 Å². The van der Waals surface area contributed by atoms with E-state index in [1.165, 1.54) is 16.9 Å². The van der Waals surface area contributed by atoms with Crippen molar-refractivity contribution in [1.82, 2.24) is 9.88 Å². The van der Waals surface area contributed by atoms with Crippen LogP contribution in [0.1, 0.15) is 22.9 Å². The van der Waals surface area contributed by atoms with Gasteiger partial charge in [-0.2, -0.15) is 0 Å². The quantitative estimate of drug-likeness (QED) is 0.904. The lowest BCUT2D eigenvalue weighted by atomic mass is 10.0. The van der Waals surface area contributed by atoms with Crippen molar-refractivity contribution in [2.75, 3.05) is 19.4 Å². The maximum Gasteiger partial charge on any atom is 0.180 e. The summed E-state index contributed by atoms with van der Waals surface area (Å²) < 4.78 is 5.29. The number of nitrogens with two attached hydrogens (primary N) is 1. The molecule has 2 aromatic rings. The number of thiazole rings is 1. The van der Waals surface area contributed by atoms with Gasteiger partial charge < -0.3 is 15.6 Å². The SMILES string of the molecule is COc1cccc(C2CC(O)CN2Cc2cnc(N)s2)c1. The van der Waals surface area contributed by atoms with E-state index in [4.69, 9.17) is 10.5 Å². The van der Waals surface area contributed by atoms with E-state index in [0.29, 0.717) is 11.7 Å². The average Bonchev–Trinajstić information content (AvgIpc) is 3.05. The Morgan fingerprint density at radius 1 is 1.52 bits per heavy atom. The molecule has 2 atom stereocenters. The predicted octanol–water partition coefficient (Wildman–Crippen LogP) is 2.04. The number of aliphatic hydroxyl groups excluding tert-OH is 1. The molecular formula is C15H19N3O2S. The highest BCUT2D eigenvalue weighted by molar-refractivity contribution is 7.15. The van der Waals surface area contributed by atoms with E-state index in [1.807, 2.05) is 24.4 Å². The Morgan fingerprint density at radius 2 is 2.38 bits per heavy atom. The first-order valence-corrected chi connectivity index (χ1v) is 7.73. The van der Waals surface area contributed by atoms with Crippen LogP contribution >= 0.6 is 11.3 Å². The first-order valence-electron chi connectivity index (χ1n) is 6.92. The van der Waals surface area contributed by atoms with Crippen LogP contribution in [0.4, 0.5) is 5.13 Å². The van der Waals surface area contributed by atoms with Crippen LogP contribution in [0.25, 0.3) is 0 Å². The van der Waals surface area contributed by atoms with Crippen molar-refractivity contribution in [2.45, 2.75) is 25.1 Å². The molecule has 3 N–H and O–H groups in total. The van der Waals surface area contributed by atoms with Crippen LogP contribution in [0.5, 0.6) is 5.75 Å². The van der Waals surface area contributed by atoms with Gasteiger partial charge >= 0.3 is 0 Å². The number of benzene rings is 1. The van der Waals surface area contributed by atoms with E-state index in [9.17, 15) is 5.11 Å². The zero-order valence-corrected chi connectivity index (χ0v) is 12.7. The van der Waals surface area contributed by atoms with E-state index in [2.05, 4.69) is 16.0 Å². The number of aliphatic hydroxyl groups is 1. The minimum absolute atomic E-state index is 0.193. The first-order chi connectivity index (χ1) is 10.2. The van der Waals surface area contributed by atoms with Crippen LogP contribution in [-0.4, -0.2) is 34.7 Å². The maximum absolute atomic E-state index is 10.0. The Bertz CT molecular complexity index is 616. The lowest BCUT2D eigenvalue weighted by Gasteiger charge is -2.24. The highest BCUT2D eigenvalue weighted by atomic mass is 32.1. The minimum Gasteiger partial charge on any atom is -0.497 e. The van der Waals surface area contributed by atoms with Crippen molar-refractivity contribution < 1.29 is 9.84 Å². The third-order valence-corrected chi connectivity index (χ3v) is 4.60. The molecule has 0 spiro atoms. The summed E-state index contributed by atoms with van der Waals surface area (Å²) in [5, 5.41) is 10.6. The molecule has 1 aromatic heterocycles. The summed E-state index contributed by atoms with van der Waals surface area (Å²) in [6.07, 6.45) is 2.25. The van der Waals surface area contributed by atoms with E-state index < -0.39 is 0 Å². The number of ether oxygens (including phenoxy) is 1. The molecule has 1 aromatic carbocycles. The zero-order chi connectivity index (χ0) is 14.8. The van der Waals surface area contributed by atoms with Gasteiger partial charge in [-0.1, -0.05) is 12.1 Å². The van der Waals surface area contributed by atoms with Crippen LogP contribution < -0.4 is 10.5 Å². The van der Waals surface area contributed by atoms with Crippen LogP contribution in [-0.2, 0) is 6.54 Å². The number of rotatable bonds is 4. The van der Waals surface area contributed by atoms with Gasteiger partial charge in [-0.3, -0.25) is 4.90 Å². The summed E-state index contributed by atoms with van der Waals surface area (Å²) in [6, 6.07) is 8.24. The average molecular weight is 305 g/mol. The molecule has 0 bridgehead atoms. The van der Waals surface area contributed by atoms with Crippen molar-refractivity contribution in [1.29, 1.82) is 0 Å².